The van der Waals surface area contributed by atoms with E-state index in [1.165, 1.54) is 12.1 Å². The van der Waals surface area contributed by atoms with Gasteiger partial charge in [-0.3, -0.25) is 14.4 Å². The second-order valence-electron chi connectivity index (χ2n) is 15.4. The fraction of sp³-hybridized carbons (Fsp3) is 0.553. The number of phenolic OH excluding ortho intramolecular Hbond substituents is 2. The molecule has 44 heavy (non-hydrogen) atoms. The number of hydrogen-bond acceptors (Lipinski definition) is 6. The van der Waals surface area contributed by atoms with Crippen molar-refractivity contribution in [1.82, 2.24) is 0 Å². The van der Waals surface area contributed by atoms with Crippen LogP contribution in [0.1, 0.15) is 105 Å². The summed E-state index contributed by atoms with van der Waals surface area (Å²) in [6.07, 6.45) is 6.53. The lowest BCUT2D eigenvalue weighted by Gasteiger charge is -2.64. The molecule has 6 heteroatoms. The van der Waals surface area contributed by atoms with Crippen LogP contribution in [0.4, 0.5) is 0 Å². The number of Topliss-reactive ketones (excluding diaryl/α,β-unsaturated/α-hetero) is 3. The minimum Gasteiger partial charge on any atom is -0.510 e. The summed E-state index contributed by atoms with van der Waals surface area (Å²) >= 11 is 0. The molecule has 0 radical (unpaired) electrons. The predicted octanol–water partition coefficient (Wildman–Crippen LogP) is 8.60. The molecule has 2 fully saturated rings. The molecule has 3 N–H and O–H groups in total. The number of carbonyl (C=O) groups excluding carboxylic acids is 3. The normalized spacial score (nSPS) is 30.6. The van der Waals surface area contributed by atoms with Gasteiger partial charge in [0.05, 0.1) is 5.41 Å². The minimum atomic E-state index is -1.60. The molecule has 0 saturated heterocycles. The van der Waals surface area contributed by atoms with Crippen LogP contribution in [0.3, 0.4) is 0 Å². The van der Waals surface area contributed by atoms with Crippen LogP contribution >= 0.6 is 0 Å². The van der Waals surface area contributed by atoms with Gasteiger partial charge in [0, 0.05) is 5.56 Å². The first-order valence-electron chi connectivity index (χ1n) is 15.8. The molecule has 1 aromatic rings. The third-order valence-electron chi connectivity index (χ3n) is 11.3. The van der Waals surface area contributed by atoms with E-state index in [-0.39, 0.29) is 47.5 Å². The summed E-state index contributed by atoms with van der Waals surface area (Å²) in [5.74, 6) is -3.43. The zero-order chi connectivity index (χ0) is 33.2. The Balaban J connectivity index is 2.16. The standard InChI is InChI=1S/C38H50O6/c1-21(2)11-13-26-27-15-14-25(23(5)6)35(7,8)20-37(27)32(42)30(31(41)24-12-16-28(39)29(40)19-24)33(43)38(34(37)44,36(26,9)10)18-17-22(3)4/h11-12,16-17,19,25-27,39-40,42H,5,13-15,18,20H2,1-4,6-10H3. The number of hydrogen-bond donors (Lipinski definition) is 3. The molecule has 238 valence electrons. The second kappa shape index (κ2) is 11.2. The number of ketones is 3. The maximum absolute atomic E-state index is 15.5. The van der Waals surface area contributed by atoms with Gasteiger partial charge in [0.15, 0.2) is 28.8 Å². The Bertz CT molecular complexity index is 1510. The van der Waals surface area contributed by atoms with E-state index in [4.69, 9.17) is 0 Å². The van der Waals surface area contributed by atoms with Gasteiger partial charge in [-0.2, -0.15) is 0 Å². The van der Waals surface area contributed by atoms with Crippen molar-refractivity contribution in [3.63, 3.8) is 0 Å². The van der Waals surface area contributed by atoms with Crippen LogP contribution in [0, 0.1) is 39.4 Å². The highest BCUT2D eigenvalue weighted by atomic mass is 16.3. The van der Waals surface area contributed by atoms with E-state index in [2.05, 4.69) is 26.5 Å². The van der Waals surface area contributed by atoms with Gasteiger partial charge in [-0.05, 0) is 114 Å². The number of aliphatic hydroxyl groups is 1. The molecule has 6 nitrogen and oxygen atoms in total. The summed E-state index contributed by atoms with van der Waals surface area (Å²) in [7, 11) is 0. The SMILES string of the molecule is C=C(C)C1CCC2C(CC=C(C)C)C(C)(C)C3(CC=C(C)C)C(=O)C(C(=O)c4ccc(O)c(O)c4)=C(O)C2(CC1(C)C)C3=O. The van der Waals surface area contributed by atoms with Crippen molar-refractivity contribution in [3.8, 4) is 11.5 Å². The average molecular weight is 603 g/mol. The van der Waals surface area contributed by atoms with E-state index in [0.29, 0.717) is 12.8 Å². The van der Waals surface area contributed by atoms with Crippen molar-refractivity contribution in [2.24, 2.45) is 39.4 Å². The van der Waals surface area contributed by atoms with E-state index in [9.17, 15) is 20.1 Å². The first kappa shape index (κ1) is 33.5. The van der Waals surface area contributed by atoms with Crippen LogP contribution in [0.15, 0.2) is 65.0 Å². The number of rotatable bonds is 7. The number of aromatic hydroxyl groups is 2. The van der Waals surface area contributed by atoms with Crippen molar-refractivity contribution in [2.75, 3.05) is 0 Å². The highest BCUT2D eigenvalue weighted by Gasteiger charge is 2.76. The van der Waals surface area contributed by atoms with Gasteiger partial charge in [-0.15, -0.1) is 0 Å². The monoisotopic (exact) mass is 602 g/mol. The Morgan fingerprint density at radius 2 is 1.55 bits per heavy atom. The lowest BCUT2D eigenvalue weighted by atomic mass is 9.36. The lowest BCUT2D eigenvalue weighted by molar-refractivity contribution is -0.183. The highest BCUT2D eigenvalue weighted by Crippen LogP contribution is 2.72. The molecular formula is C38H50O6. The van der Waals surface area contributed by atoms with Gasteiger partial charge in [0.1, 0.15) is 16.7 Å². The van der Waals surface area contributed by atoms with Gasteiger partial charge in [-0.25, -0.2) is 0 Å². The number of fused-ring (bicyclic) bond motifs is 1. The van der Waals surface area contributed by atoms with Crippen LogP contribution in [-0.2, 0) is 9.59 Å². The molecule has 5 atom stereocenters. The van der Waals surface area contributed by atoms with Gasteiger partial charge in [0.2, 0.25) is 0 Å². The molecule has 4 rings (SSSR count). The quantitative estimate of drug-likeness (QED) is 0.0947. The van der Waals surface area contributed by atoms with E-state index in [1.807, 2.05) is 54.5 Å². The van der Waals surface area contributed by atoms with Crippen LogP contribution in [0.5, 0.6) is 11.5 Å². The third kappa shape index (κ3) is 4.80. The number of benzene rings is 1. The summed E-state index contributed by atoms with van der Waals surface area (Å²) in [4.78, 5) is 44.8. The van der Waals surface area contributed by atoms with Crippen molar-refractivity contribution in [1.29, 1.82) is 0 Å². The molecule has 2 bridgehead atoms. The zero-order valence-electron chi connectivity index (χ0n) is 27.9. The van der Waals surface area contributed by atoms with Gasteiger partial charge in [-0.1, -0.05) is 63.1 Å². The predicted molar refractivity (Wildman–Crippen MR) is 173 cm³/mol. The average Bonchev–Trinajstić information content (AvgIpc) is 3.02. The molecule has 0 heterocycles. The second-order valence-corrected chi connectivity index (χ2v) is 15.4. The molecule has 3 aliphatic rings. The van der Waals surface area contributed by atoms with Gasteiger partial charge < -0.3 is 15.3 Å². The van der Waals surface area contributed by atoms with Crippen molar-refractivity contribution in [2.45, 2.75) is 94.4 Å². The topological polar surface area (TPSA) is 112 Å². The van der Waals surface area contributed by atoms with Crippen molar-refractivity contribution >= 4 is 17.3 Å². The summed E-state index contributed by atoms with van der Waals surface area (Å²) < 4.78 is 0. The number of phenols is 2. The van der Waals surface area contributed by atoms with Crippen molar-refractivity contribution < 1.29 is 29.7 Å². The first-order chi connectivity index (χ1) is 20.3. The number of carbonyl (C=O) groups is 3. The van der Waals surface area contributed by atoms with E-state index < -0.39 is 50.5 Å². The molecule has 1 spiro atoms. The first-order valence-corrected chi connectivity index (χ1v) is 15.8. The van der Waals surface area contributed by atoms with E-state index in [0.717, 1.165) is 29.2 Å². The number of allylic oxidation sites excluding steroid dienone is 7. The fourth-order valence-electron chi connectivity index (χ4n) is 9.11. The summed E-state index contributed by atoms with van der Waals surface area (Å²) in [5.41, 5.74) is -1.72. The van der Waals surface area contributed by atoms with Crippen molar-refractivity contribution in [3.05, 3.63) is 70.5 Å². The smallest absolute Gasteiger partial charge is 0.200 e. The zero-order valence-corrected chi connectivity index (χ0v) is 27.9. The highest BCUT2D eigenvalue weighted by molar-refractivity contribution is 6.35. The van der Waals surface area contributed by atoms with Gasteiger partial charge >= 0.3 is 0 Å². The Morgan fingerprint density at radius 1 is 0.932 bits per heavy atom. The summed E-state index contributed by atoms with van der Waals surface area (Å²) in [6.45, 7) is 22.4. The Morgan fingerprint density at radius 3 is 2.09 bits per heavy atom. The lowest BCUT2D eigenvalue weighted by Crippen LogP contribution is -2.70. The maximum atomic E-state index is 15.5. The third-order valence-corrected chi connectivity index (χ3v) is 11.3. The van der Waals surface area contributed by atoms with Crippen LogP contribution < -0.4 is 0 Å². The molecule has 3 aliphatic carbocycles. The number of aliphatic hydroxyl groups excluding tert-OH is 1. The summed E-state index contributed by atoms with van der Waals surface area (Å²) in [5, 5.41) is 32.6. The van der Waals surface area contributed by atoms with Crippen LogP contribution in [0.2, 0.25) is 0 Å². The summed E-state index contributed by atoms with van der Waals surface area (Å²) in [6, 6.07) is 3.61. The minimum absolute atomic E-state index is 0.0421. The van der Waals surface area contributed by atoms with E-state index in [1.54, 1.807) is 0 Å². The molecule has 5 unspecified atom stereocenters. The van der Waals surface area contributed by atoms with Crippen LogP contribution in [-0.4, -0.2) is 32.7 Å². The van der Waals surface area contributed by atoms with Crippen LogP contribution in [0.25, 0.3) is 0 Å². The molecular weight excluding hydrogens is 552 g/mol. The van der Waals surface area contributed by atoms with Gasteiger partial charge in [0.25, 0.3) is 0 Å². The Kier molecular flexibility index (Phi) is 8.51. The molecule has 2 saturated carbocycles. The Labute approximate surface area is 262 Å². The largest absolute Gasteiger partial charge is 0.510 e. The molecule has 0 aromatic heterocycles. The maximum Gasteiger partial charge on any atom is 0.200 e. The molecule has 0 amide bonds. The molecule has 1 aromatic carbocycles. The van der Waals surface area contributed by atoms with E-state index >= 15 is 9.59 Å². The fourth-order valence-corrected chi connectivity index (χ4v) is 9.11. The Hall–Kier alpha value is -3.41. The molecule has 0 aliphatic heterocycles.